The number of anilines is 2. The predicted octanol–water partition coefficient (Wildman–Crippen LogP) is 2.74. The third kappa shape index (κ3) is 5.92. The first-order chi connectivity index (χ1) is 15.4. The molecule has 2 fully saturated rings. The van der Waals surface area contributed by atoms with Crippen molar-refractivity contribution in [1.29, 1.82) is 0 Å². The first kappa shape index (κ1) is 22.8. The van der Waals surface area contributed by atoms with Crippen LogP contribution < -0.4 is 16.0 Å². The van der Waals surface area contributed by atoms with Crippen LogP contribution >= 0.6 is 11.6 Å². The molecule has 2 aliphatic rings. The molecular weight excluding hydrogens is 432 g/mol. The number of amides is 1. The van der Waals surface area contributed by atoms with Gasteiger partial charge in [0.2, 0.25) is 0 Å². The van der Waals surface area contributed by atoms with Crippen LogP contribution in [0.5, 0.6) is 0 Å². The highest BCUT2D eigenvalue weighted by atomic mass is 35.5. The number of pyridine rings is 1. The van der Waals surface area contributed by atoms with Gasteiger partial charge in [-0.25, -0.2) is 9.97 Å². The zero-order valence-electron chi connectivity index (χ0n) is 18.4. The molecule has 0 aliphatic carbocycles. The highest BCUT2D eigenvalue weighted by Crippen LogP contribution is 2.30. The van der Waals surface area contributed by atoms with Gasteiger partial charge in [0.15, 0.2) is 0 Å². The van der Waals surface area contributed by atoms with Crippen molar-refractivity contribution in [3.05, 3.63) is 29.7 Å². The van der Waals surface area contributed by atoms with Crippen molar-refractivity contribution >= 4 is 29.1 Å². The van der Waals surface area contributed by atoms with Gasteiger partial charge in [0.05, 0.1) is 35.3 Å². The Morgan fingerprint density at radius 3 is 2.94 bits per heavy atom. The number of rotatable bonds is 6. The Morgan fingerprint density at radius 1 is 1.28 bits per heavy atom. The van der Waals surface area contributed by atoms with Crippen molar-refractivity contribution in [2.24, 2.45) is 5.92 Å². The number of hydrogen-bond acceptors (Lipinski definition) is 8. The summed E-state index contributed by atoms with van der Waals surface area (Å²) in [5.41, 5.74) is 1.14. The SMILES string of the molecule is CC1(C)CC(CNc2cncc(-c3cc(NC(=O)C4CNCCO4)ncc3Cl)n2)CCO1. The van der Waals surface area contributed by atoms with E-state index in [2.05, 4.69) is 44.7 Å². The lowest BCUT2D eigenvalue weighted by atomic mass is 9.88. The number of aromatic nitrogens is 3. The molecule has 172 valence electrons. The van der Waals surface area contributed by atoms with Crippen LogP contribution in [0, 0.1) is 5.92 Å². The normalized spacial score (nSPS) is 22.8. The lowest BCUT2D eigenvalue weighted by Gasteiger charge is -2.35. The van der Waals surface area contributed by atoms with Crippen molar-refractivity contribution < 1.29 is 14.3 Å². The highest BCUT2D eigenvalue weighted by molar-refractivity contribution is 6.33. The van der Waals surface area contributed by atoms with Gasteiger partial charge in [-0.1, -0.05) is 11.6 Å². The van der Waals surface area contributed by atoms with E-state index in [1.54, 1.807) is 18.5 Å². The van der Waals surface area contributed by atoms with Crippen LogP contribution in [0.25, 0.3) is 11.3 Å². The van der Waals surface area contributed by atoms with E-state index >= 15 is 0 Å². The van der Waals surface area contributed by atoms with E-state index in [1.165, 1.54) is 6.20 Å². The molecule has 0 bridgehead atoms. The second kappa shape index (κ2) is 10.1. The maximum absolute atomic E-state index is 12.4. The monoisotopic (exact) mass is 460 g/mol. The van der Waals surface area contributed by atoms with Crippen LogP contribution in [0.4, 0.5) is 11.6 Å². The predicted molar refractivity (Wildman–Crippen MR) is 123 cm³/mol. The van der Waals surface area contributed by atoms with E-state index < -0.39 is 6.10 Å². The molecule has 2 atom stereocenters. The third-order valence-electron chi connectivity index (χ3n) is 5.61. The van der Waals surface area contributed by atoms with Crippen molar-refractivity contribution in [1.82, 2.24) is 20.3 Å². The molecule has 32 heavy (non-hydrogen) atoms. The molecule has 1 amide bonds. The van der Waals surface area contributed by atoms with Crippen molar-refractivity contribution in [2.45, 2.75) is 38.4 Å². The van der Waals surface area contributed by atoms with Crippen molar-refractivity contribution in [3.63, 3.8) is 0 Å². The van der Waals surface area contributed by atoms with Gasteiger partial charge in [-0.15, -0.1) is 0 Å². The van der Waals surface area contributed by atoms with E-state index in [9.17, 15) is 4.79 Å². The molecule has 2 unspecified atom stereocenters. The van der Waals surface area contributed by atoms with Crippen LogP contribution in [0.1, 0.15) is 26.7 Å². The Balaban J connectivity index is 1.43. The Kier molecular flexibility index (Phi) is 7.20. The van der Waals surface area contributed by atoms with E-state index in [4.69, 9.17) is 21.1 Å². The molecule has 0 spiro atoms. The fourth-order valence-electron chi connectivity index (χ4n) is 4.01. The molecule has 0 aromatic carbocycles. The minimum absolute atomic E-state index is 0.0950. The Morgan fingerprint density at radius 2 is 2.16 bits per heavy atom. The lowest BCUT2D eigenvalue weighted by Crippen LogP contribution is -2.45. The number of ether oxygens (including phenoxy) is 2. The zero-order valence-corrected chi connectivity index (χ0v) is 19.1. The summed E-state index contributed by atoms with van der Waals surface area (Å²) in [4.78, 5) is 25.6. The Bertz CT molecular complexity index is 951. The zero-order chi connectivity index (χ0) is 22.6. The quantitative estimate of drug-likeness (QED) is 0.603. The third-order valence-corrected chi connectivity index (χ3v) is 5.91. The van der Waals surface area contributed by atoms with Gasteiger partial charge >= 0.3 is 0 Å². The lowest BCUT2D eigenvalue weighted by molar-refractivity contribution is -0.128. The summed E-state index contributed by atoms with van der Waals surface area (Å²) >= 11 is 6.39. The summed E-state index contributed by atoms with van der Waals surface area (Å²) in [5.74, 6) is 1.31. The highest BCUT2D eigenvalue weighted by Gasteiger charge is 2.28. The molecule has 0 radical (unpaired) electrons. The second-order valence-corrected chi connectivity index (χ2v) is 9.15. The summed E-state index contributed by atoms with van der Waals surface area (Å²) in [6.45, 7) is 7.52. The number of nitrogens with zero attached hydrogens (tertiary/aromatic N) is 3. The molecule has 2 aromatic heterocycles. The van der Waals surface area contributed by atoms with Gasteiger partial charge in [-0.3, -0.25) is 9.78 Å². The van der Waals surface area contributed by atoms with Crippen LogP contribution in [0.2, 0.25) is 5.02 Å². The van der Waals surface area contributed by atoms with Gasteiger partial charge in [0.25, 0.3) is 5.91 Å². The van der Waals surface area contributed by atoms with E-state index in [0.717, 1.165) is 32.5 Å². The smallest absolute Gasteiger partial charge is 0.255 e. The Hall–Kier alpha value is -2.33. The van der Waals surface area contributed by atoms with Gasteiger partial charge in [-0.2, -0.15) is 0 Å². The minimum Gasteiger partial charge on any atom is -0.376 e. The largest absolute Gasteiger partial charge is 0.376 e. The summed E-state index contributed by atoms with van der Waals surface area (Å²) in [5, 5.41) is 9.74. The average molecular weight is 461 g/mol. The maximum atomic E-state index is 12.4. The standard InChI is InChI=1S/C22H29ClN6O3/c1-22(2)8-14(3-5-32-22)9-26-20-13-25-11-17(28-20)15-7-19(27-10-16(15)23)29-21(30)18-12-24-4-6-31-18/h7,10-11,13-14,18,24H,3-6,8-9,12H2,1-2H3,(H,26,28)(H,27,29,30). The van der Waals surface area contributed by atoms with Gasteiger partial charge in [-0.05, 0) is 38.7 Å². The average Bonchev–Trinajstić information content (AvgIpc) is 2.79. The van der Waals surface area contributed by atoms with E-state index in [-0.39, 0.29) is 11.5 Å². The van der Waals surface area contributed by atoms with Crippen LogP contribution in [0.15, 0.2) is 24.7 Å². The summed E-state index contributed by atoms with van der Waals surface area (Å²) < 4.78 is 11.3. The first-order valence-corrected chi connectivity index (χ1v) is 11.3. The van der Waals surface area contributed by atoms with E-state index in [1.807, 2.05) is 0 Å². The van der Waals surface area contributed by atoms with Crippen LogP contribution in [-0.4, -0.2) is 65.4 Å². The molecule has 10 heteroatoms. The van der Waals surface area contributed by atoms with Gasteiger partial charge in [0, 0.05) is 38.0 Å². The van der Waals surface area contributed by atoms with Crippen LogP contribution in [-0.2, 0) is 14.3 Å². The first-order valence-electron chi connectivity index (χ1n) is 10.9. The minimum atomic E-state index is -0.549. The number of carbonyl (C=O) groups excluding carboxylic acids is 1. The summed E-state index contributed by atoms with van der Waals surface area (Å²) in [7, 11) is 0. The summed E-state index contributed by atoms with van der Waals surface area (Å²) in [6.07, 6.45) is 6.30. The number of hydrogen-bond donors (Lipinski definition) is 3. The molecule has 2 saturated heterocycles. The number of halogens is 1. The van der Waals surface area contributed by atoms with Gasteiger partial charge < -0.3 is 25.4 Å². The number of nitrogens with one attached hydrogen (secondary N) is 3. The molecule has 4 rings (SSSR count). The van der Waals surface area contributed by atoms with E-state index in [0.29, 0.717) is 47.0 Å². The Labute approximate surface area is 192 Å². The molecule has 4 heterocycles. The fourth-order valence-corrected chi connectivity index (χ4v) is 4.21. The van der Waals surface area contributed by atoms with Crippen molar-refractivity contribution in [3.8, 4) is 11.3 Å². The molecular formula is C22H29ClN6O3. The number of carbonyl (C=O) groups is 1. The topological polar surface area (TPSA) is 110 Å². The summed E-state index contributed by atoms with van der Waals surface area (Å²) in [6, 6.07) is 1.70. The molecule has 9 nitrogen and oxygen atoms in total. The van der Waals surface area contributed by atoms with Gasteiger partial charge in [0.1, 0.15) is 17.7 Å². The molecule has 2 aliphatic heterocycles. The molecule has 0 saturated carbocycles. The second-order valence-electron chi connectivity index (χ2n) is 8.74. The number of morpholine rings is 1. The molecule has 3 N–H and O–H groups in total. The maximum Gasteiger partial charge on any atom is 0.255 e. The van der Waals surface area contributed by atoms with Crippen LogP contribution in [0.3, 0.4) is 0 Å². The van der Waals surface area contributed by atoms with Crippen molar-refractivity contribution in [2.75, 3.05) is 43.5 Å². The molecule has 2 aromatic rings. The fraction of sp³-hybridized carbons (Fsp3) is 0.545.